The third-order valence-electron chi connectivity index (χ3n) is 5.17. The topological polar surface area (TPSA) is 32.3 Å². The first kappa shape index (κ1) is 16.8. The Balaban J connectivity index is 2.20. The lowest BCUT2D eigenvalue weighted by molar-refractivity contribution is -0.135. The van der Waals surface area contributed by atoms with E-state index in [2.05, 4.69) is 51.8 Å². The lowest BCUT2D eigenvalue weighted by Crippen LogP contribution is -2.51. The van der Waals surface area contributed by atoms with E-state index in [-0.39, 0.29) is 12.2 Å². The standard InChI is InChI=1S/C18H34N2O/c1-7-9-14-16(21)20(15(8-2)19-14)13-10-17(3,4)12-18(5,6)11-13/h13-15,19H,7-12H2,1-6H3. The molecule has 0 bridgehead atoms. The van der Waals surface area contributed by atoms with Gasteiger partial charge in [-0.2, -0.15) is 0 Å². The number of amides is 1. The summed E-state index contributed by atoms with van der Waals surface area (Å²) in [5.74, 6) is 0.349. The minimum Gasteiger partial charge on any atom is -0.323 e. The van der Waals surface area contributed by atoms with Gasteiger partial charge in [-0.05, 0) is 42.9 Å². The third kappa shape index (κ3) is 3.61. The monoisotopic (exact) mass is 294 g/mol. The van der Waals surface area contributed by atoms with Crippen molar-refractivity contribution in [2.24, 2.45) is 10.8 Å². The lowest BCUT2D eigenvalue weighted by Gasteiger charge is -2.48. The highest BCUT2D eigenvalue weighted by Gasteiger charge is 2.47. The highest BCUT2D eigenvalue weighted by molar-refractivity contribution is 5.84. The predicted octanol–water partition coefficient (Wildman–Crippen LogP) is 3.93. The van der Waals surface area contributed by atoms with Gasteiger partial charge in [0, 0.05) is 6.04 Å². The van der Waals surface area contributed by atoms with Crippen LogP contribution in [0.25, 0.3) is 0 Å². The molecule has 0 radical (unpaired) electrons. The zero-order valence-corrected chi connectivity index (χ0v) is 14.8. The molecule has 1 heterocycles. The molecule has 1 saturated heterocycles. The molecule has 2 aliphatic rings. The van der Waals surface area contributed by atoms with Crippen molar-refractivity contribution < 1.29 is 4.79 Å². The van der Waals surface area contributed by atoms with Crippen LogP contribution in [0.15, 0.2) is 0 Å². The fraction of sp³-hybridized carbons (Fsp3) is 0.944. The van der Waals surface area contributed by atoms with Gasteiger partial charge in [-0.25, -0.2) is 0 Å². The van der Waals surface area contributed by atoms with Gasteiger partial charge < -0.3 is 4.90 Å². The number of nitrogens with one attached hydrogen (secondary N) is 1. The molecule has 0 aromatic heterocycles. The van der Waals surface area contributed by atoms with Crippen molar-refractivity contribution in [1.29, 1.82) is 0 Å². The van der Waals surface area contributed by atoms with Crippen molar-refractivity contribution in [2.45, 2.75) is 98.3 Å². The first-order valence-electron chi connectivity index (χ1n) is 8.77. The Morgan fingerprint density at radius 3 is 2.19 bits per heavy atom. The summed E-state index contributed by atoms with van der Waals surface area (Å²) in [4.78, 5) is 15.1. The number of carbonyl (C=O) groups is 1. The minimum absolute atomic E-state index is 0.0492. The van der Waals surface area contributed by atoms with Gasteiger partial charge in [0.05, 0.1) is 12.2 Å². The fourth-order valence-corrected chi connectivity index (χ4v) is 4.95. The first-order valence-corrected chi connectivity index (χ1v) is 8.77. The number of rotatable bonds is 4. The molecule has 21 heavy (non-hydrogen) atoms. The van der Waals surface area contributed by atoms with Crippen LogP contribution in [0.5, 0.6) is 0 Å². The van der Waals surface area contributed by atoms with E-state index < -0.39 is 0 Å². The summed E-state index contributed by atoms with van der Waals surface area (Å²) in [6.45, 7) is 13.8. The third-order valence-corrected chi connectivity index (χ3v) is 5.17. The molecule has 2 fully saturated rings. The van der Waals surface area contributed by atoms with Crippen LogP contribution in [0.3, 0.4) is 0 Å². The average molecular weight is 294 g/mol. The summed E-state index contributed by atoms with van der Waals surface area (Å²) >= 11 is 0. The lowest BCUT2D eigenvalue weighted by atomic mass is 9.63. The van der Waals surface area contributed by atoms with E-state index in [0.717, 1.165) is 32.1 Å². The first-order chi connectivity index (χ1) is 9.69. The summed E-state index contributed by atoms with van der Waals surface area (Å²) in [5.41, 5.74) is 0.654. The molecule has 3 heteroatoms. The van der Waals surface area contributed by atoms with Gasteiger partial charge in [-0.15, -0.1) is 0 Å². The van der Waals surface area contributed by atoms with Gasteiger partial charge >= 0.3 is 0 Å². The smallest absolute Gasteiger partial charge is 0.241 e. The maximum Gasteiger partial charge on any atom is 0.241 e. The van der Waals surface area contributed by atoms with Crippen molar-refractivity contribution >= 4 is 5.91 Å². The highest BCUT2D eigenvalue weighted by Crippen LogP contribution is 2.48. The minimum atomic E-state index is 0.0492. The SMILES string of the molecule is CCCC1NC(CC)N(C2CC(C)(C)CC(C)(C)C2)C1=O. The summed E-state index contributed by atoms with van der Waals surface area (Å²) in [7, 11) is 0. The van der Waals surface area contributed by atoms with Crippen molar-refractivity contribution in [2.75, 3.05) is 0 Å². The van der Waals surface area contributed by atoms with Crippen LogP contribution in [-0.4, -0.2) is 29.1 Å². The highest BCUT2D eigenvalue weighted by atomic mass is 16.2. The largest absolute Gasteiger partial charge is 0.323 e. The second-order valence-electron chi connectivity index (χ2n) is 8.74. The zero-order valence-electron chi connectivity index (χ0n) is 14.8. The second-order valence-corrected chi connectivity index (χ2v) is 8.74. The van der Waals surface area contributed by atoms with E-state index in [1.165, 1.54) is 6.42 Å². The van der Waals surface area contributed by atoms with E-state index in [1.54, 1.807) is 0 Å². The van der Waals surface area contributed by atoms with Crippen molar-refractivity contribution in [3.8, 4) is 0 Å². The average Bonchev–Trinajstić information content (AvgIpc) is 2.63. The normalized spacial score (nSPS) is 32.7. The molecule has 0 spiro atoms. The molecule has 1 aliphatic heterocycles. The van der Waals surface area contributed by atoms with E-state index >= 15 is 0 Å². The van der Waals surface area contributed by atoms with Crippen LogP contribution < -0.4 is 5.32 Å². The van der Waals surface area contributed by atoms with E-state index in [0.29, 0.717) is 22.8 Å². The van der Waals surface area contributed by atoms with Crippen LogP contribution in [-0.2, 0) is 4.79 Å². The Labute approximate surface area is 130 Å². The van der Waals surface area contributed by atoms with Gasteiger partial charge in [0.1, 0.15) is 0 Å². The molecule has 1 aliphatic carbocycles. The molecular formula is C18H34N2O. The van der Waals surface area contributed by atoms with Crippen LogP contribution in [0.1, 0.15) is 80.1 Å². The predicted molar refractivity (Wildman–Crippen MR) is 88.0 cm³/mol. The van der Waals surface area contributed by atoms with Crippen molar-refractivity contribution in [1.82, 2.24) is 10.2 Å². The summed E-state index contributed by atoms with van der Waals surface area (Å²) in [6, 6.07) is 0.448. The quantitative estimate of drug-likeness (QED) is 0.852. The van der Waals surface area contributed by atoms with E-state index in [4.69, 9.17) is 0 Å². The molecule has 0 aromatic rings. The molecule has 1 saturated carbocycles. The molecule has 2 rings (SSSR count). The fourth-order valence-electron chi connectivity index (χ4n) is 4.95. The molecule has 122 valence electrons. The maximum absolute atomic E-state index is 12.8. The van der Waals surface area contributed by atoms with Crippen LogP contribution in [0.4, 0.5) is 0 Å². The number of hydrogen-bond acceptors (Lipinski definition) is 2. The van der Waals surface area contributed by atoms with Crippen LogP contribution >= 0.6 is 0 Å². The zero-order chi connectivity index (χ0) is 15.8. The second kappa shape index (κ2) is 5.91. The van der Waals surface area contributed by atoms with Gasteiger partial charge in [0.2, 0.25) is 5.91 Å². The Morgan fingerprint density at radius 1 is 1.14 bits per heavy atom. The molecular weight excluding hydrogens is 260 g/mol. The Morgan fingerprint density at radius 2 is 1.71 bits per heavy atom. The summed E-state index contributed by atoms with van der Waals surface area (Å²) in [6.07, 6.45) is 6.80. The van der Waals surface area contributed by atoms with Gasteiger partial charge in [-0.1, -0.05) is 48.0 Å². The van der Waals surface area contributed by atoms with Gasteiger partial charge in [0.25, 0.3) is 0 Å². The Hall–Kier alpha value is -0.570. The van der Waals surface area contributed by atoms with Crippen molar-refractivity contribution in [3.63, 3.8) is 0 Å². The van der Waals surface area contributed by atoms with E-state index in [1.807, 2.05) is 0 Å². The van der Waals surface area contributed by atoms with E-state index in [9.17, 15) is 4.79 Å². The van der Waals surface area contributed by atoms with Crippen LogP contribution in [0, 0.1) is 10.8 Å². The molecule has 2 unspecified atom stereocenters. The molecule has 3 nitrogen and oxygen atoms in total. The van der Waals surface area contributed by atoms with Crippen LogP contribution in [0.2, 0.25) is 0 Å². The Bertz CT molecular complexity index is 373. The van der Waals surface area contributed by atoms with Crippen molar-refractivity contribution in [3.05, 3.63) is 0 Å². The number of hydrogen-bond donors (Lipinski definition) is 1. The molecule has 1 N–H and O–H groups in total. The maximum atomic E-state index is 12.8. The molecule has 1 amide bonds. The molecule has 2 atom stereocenters. The number of carbonyl (C=O) groups excluding carboxylic acids is 1. The Kier molecular flexibility index (Phi) is 4.72. The number of nitrogens with zero attached hydrogens (tertiary/aromatic N) is 1. The molecule has 0 aromatic carbocycles. The summed E-state index contributed by atoms with van der Waals surface area (Å²) < 4.78 is 0. The van der Waals surface area contributed by atoms with Gasteiger partial charge in [-0.3, -0.25) is 10.1 Å². The van der Waals surface area contributed by atoms with Gasteiger partial charge in [0.15, 0.2) is 0 Å². The summed E-state index contributed by atoms with van der Waals surface area (Å²) in [5, 5.41) is 3.57.